The van der Waals surface area contributed by atoms with E-state index in [-0.39, 0.29) is 11.3 Å². The second-order valence-electron chi connectivity index (χ2n) is 7.11. The molecular weight excluding hydrogens is 410 g/mol. The highest BCUT2D eigenvalue weighted by molar-refractivity contribution is 7.99. The van der Waals surface area contributed by atoms with Crippen LogP contribution in [0.25, 0.3) is 11.1 Å². The zero-order chi connectivity index (χ0) is 21.8. The maximum Gasteiger partial charge on any atom is 0.255 e. The summed E-state index contributed by atoms with van der Waals surface area (Å²) in [4.78, 5) is 15.3. The fourth-order valence-electron chi connectivity index (χ4n) is 3.78. The van der Waals surface area contributed by atoms with Crippen molar-refractivity contribution in [3.05, 3.63) is 77.9 Å². The lowest BCUT2D eigenvalue weighted by Crippen LogP contribution is -2.30. The van der Waals surface area contributed by atoms with Crippen LogP contribution in [0, 0.1) is 0 Å². The van der Waals surface area contributed by atoms with Crippen molar-refractivity contribution < 1.29 is 19.0 Å². The molecular formula is C25H25NO4S. The fraction of sp³-hybridized carbons (Fsp3) is 0.240. The first kappa shape index (κ1) is 21.1. The molecule has 1 aliphatic rings. The van der Waals surface area contributed by atoms with E-state index >= 15 is 0 Å². The Morgan fingerprint density at radius 1 is 0.839 bits per heavy atom. The maximum absolute atomic E-state index is 13.4. The molecule has 0 radical (unpaired) electrons. The number of hydrogen-bond donors (Lipinski definition) is 0. The molecule has 1 saturated heterocycles. The smallest absolute Gasteiger partial charge is 0.255 e. The van der Waals surface area contributed by atoms with E-state index in [1.54, 1.807) is 33.1 Å². The fourth-order valence-corrected chi connectivity index (χ4v) is 5.05. The molecule has 1 heterocycles. The normalized spacial score (nSPS) is 15.6. The van der Waals surface area contributed by atoms with Crippen LogP contribution in [0.2, 0.25) is 0 Å². The van der Waals surface area contributed by atoms with Gasteiger partial charge in [-0.25, -0.2) is 0 Å². The number of nitrogens with zero attached hydrogens (tertiary/aromatic N) is 1. The molecule has 4 rings (SSSR count). The van der Waals surface area contributed by atoms with Gasteiger partial charge in [-0.3, -0.25) is 4.79 Å². The highest BCUT2D eigenvalue weighted by Gasteiger charge is 2.34. The van der Waals surface area contributed by atoms with Crippen LogP contribution in [-0.4, -0.2) is 44.4 Å². The minimum absolute atomic E-state index is 0.00597. The van der Waals surface area contributed by atoms with Crippen molar-refractivity contribution in [1.82, 2.24) is 4.90 Å². The maximum atomic E-state index is 13.4. The van der Waals surface area contributed by atoms with E-state index in [0.717, 1.165) is 22.4 Å². The Kier molecular flexibility index (Phi) is 6.37. The van der Waals surface area contributed by atoms with Crippen LogP contribution < -0.4 is 14.2 Å². The van der Waals surface area contributed by atoms with E-state index in [1.807, 2.05) is 59.5 Å². The highest BCUT2D eigenvalue weighted by Crippen LogP contribution is 2.46. The largest absolute Gasteiger partial charge is 0.496 e. The lowest BCUT2D eigenvalue weighted by Gasteiger charge is -2.26. The van der Waals surface area contributed by atoms with Gasteiger partial charge in [0.15, 0.2) is 11.5 Å². The number of rotatable bonds is 6. The average Bonchev–Trinajstić information content (AvgIpc) is 3.33. The standard InChI is InChI=1S/C25H25NO4S/c1-28-21-16-23(30-3)22(29-2)15-20(21)25-26(13-14-31-25)24(27)19-11-9-18(10-12-19)17-7-5-4-6-8-17/h4-12,15-16,25H,13-14H2,1-3H3. The monoisotopic (exact) mass is 435 g/mol. The lowest BCUT2D eigenvalue weighted by atomic mass is 10.0. The van der Waals surface area contributed by atoms with Crippen molar-refractivity contribution in [1.29, 1.82) is 0 Å². The Morgan fingerprint density at radius 3 is 2.10 bits per heavy atom. The zero-order valence-corrected chi connectivity index (χ0v) is 18.6. The molecule has 0 N–H and O–H groups in total. The van der Waals surface area contributed by atoms with E-state index in [0.29, 0.717) is 29.4 Å². The molecule has 1 amide bonds. The third kappa shape index (κ3) is 4.21. The van der Waals surface area contributed by atoms with Gasteiger partial charge in [-0.1, -0.05) is 42.5 Å². The van der Waals surface area contributed by atoms with Gasteiger partial charge in [-0.05, 0) is 29.3 Å². The van der Waals surface area contributed by atoms with E-state index in [1.165, 1.54) is 0 Å². The summed E-state index contributed by atoms with van der Waals surface area (Å²) in [6.45, 7) is 0.673. The Balaban J connectivity index is 1.62. The van der Waals surface area contributed by atoms with Gasteiger partial charge in [0.2, 0.25) is 0 Å². The summed E-state index contributed by atoms with van der Waals surface area (Å²) in [5.41, 5.74) is 3.79. The minimum Gasteiger partial charge on any atom is -0.496 e. The number of benzene rings is 3. The van der Waals surface area contributed by atoms with Gasteiger partial charge in [0.1, 0.15) is 11.1 Å². The number of carbonyl (C=O) groups excluding carboxylic acids is 1. The molecule has 160 valence electrons. The average molecular weight is 436 g/mol. The molecule has 0 saturated carbocycles. The van der Waals surface area contributed by atoms with Gasteiger partial charge in [-0.2, -0.15) is 0 Å². The summed E-state index contributed by atoms with van der Waals surface area (Å²) in [5.74, 6) is 2.75. The molecule has 0 aromatic heterocycles. The van der Waals surface area contributed by atoms with Crippen LogP contribution in [0.4, 0.5) is 0 Å². The molecule has 1 unspecified atom stereocenters. The Hall–Kier alpha value is -3.12. The molecule has 31 heavy (non-hydrogen) atoms. The number of hydrogen-bond acceptors (Lipinski definition) is 5. The molecule has 0 aliphatic carbocycles. The molecule has 0 bridgehead atoms. The summed E-state index contributed by atoms with van der Waals surface area (Å²) >= 11 is 1.72. The van der Waals surface area contributed by atoms with Crippen molar-refractivity contribution in [3.8, 4) is 28.4 Å². The van der Waals surface area contributed by atoms with Crippen LogP contribution in [0.3, 0.4) is 0 Å². The van der Waals surface area contributed by atoms with Crippen LogP contribution in [-0.2, 0) is 0 Å². The Labute approximate surface area is 186 Å². The first-order chi connectivity index (χ1) is 15.2. The summed E-state index contributed by atoms with van der Waals surface area (Å²) in [6.07, 6.45) is 0. The number of ether oxygens (including phenoxy) is 3. The third-order valence-electron chi connectivity index (χ3n) is 5.39. The van der Waals surface area contributed by atoms with E-state index < -0.39 is 0 Å². The third-order valence-corrected chi connectivity index (χ3v) is 6.64. The van der Waals surface area contributed by atoms with Gasteiger partial charge in [0.25, 0.3) is 5.91 Å². The quantitative estimate of drug-likeness (QED) is 0.528. The van der Waals surface area contributed by atoms with Crippen molar-refractivity contribution in [2.75, 3.05) is 33.6 Å². The summed E-state index contributed by atoms with van der Waals surface area (Å²) < 4.78 is 16.5. The predicted octanol–water partition coefficient (Wildman–Crippen LogP) is 5.27. The molecule has 1 fully saturated rings. The topological polar surface area (TPSA) is 48.0 Å². The second kappa shape index (κ2) is 9.35. The van der Waals surface area contributed by atoms with Crippen LogP contribution in [0.5, 0.6) is 17.2 Å². The van der Waals surface area contributed by atoms with Gasteiger partial charge >= 0.3 is 0 Å². The number of methoxy groups -OCH3 is 3. The molecule has 0 spiro atoms. The van der Waals surface area contributed by atoms with Crippen LogP contribution in [0.1, 0.15) is 21.3 Å². The van der Waals surface area contributed by atoms with E-state index in [4.69, 9.17) is 14.2 Å². The van der Waals surface area contributed by atoms with Crippen molar-refractivity contribution >= 4 is 17.7 Å². The van der Waals surface area contributed by atoms with Gasteiger partial charge in [-0.15, -0.1) is 11.8 Å². The van der Waals surface area contributed by atoms with E-state index in [2.05, 4.69) is 12.1 Å². The molecule has 6 heteroatoms. The van der Waals surface area contributed by atoms with Crippen molar-refractivity contribution in [2.24, 2.45) is 0 Å². The number of carbonyl (C=O) groups is 1. The summed E-state index contributed by atoms with van der Waals surface area (Å²) in [7, 11) is 4.82. The molecule has 1 atom stereocenters. The predicted molar refractivity (Wildman–Crippen MR) is 124 cm³/mol. The Bertz CT molecular complexity index is 1050. The summed E-state index contributed by atoms with van der Waals surface area (Å²) in [5, 5.41) is -0.156. The first-order valence-electron chi connectivity index (χ1n) is 10.0. The summed E-state index contributed by atoms with van der Waals surface area (Å²) in [6, 6.07) is 21.6. The Morgan fingerprint density at radius 2 is 1.45 bits per heavy atom. The van der Waals surface area contributed by atoms with Gasteiger partial charge in [0, 0.05) is 29.5 Å². The van der Waals surface area contributed by atoms with Crippen LogP contribution in [0.15, 0.2) is 66.7 Å². The van der Waals surface area contributed by atoms with Gasteiger partial charge < -0.3 is 19.1 Å². The van der Waals surface area contributed by atoms with Crippen molar-refractivity contribution in [3.63, 3.8) is 0 Å². The highest BCUT2D eigenvalue weighted by atomic mass is 32.2. The number of thioether (sulfide) groups is 1. The number of amides is 1. The molecule has 1 aliphatic heterocycles. The lowest BCUT2D eigenvalue weighted by molar-refractivity contribution is 0.0759. The van der Waals surface area contributed by atoms with Gasteiger partial charge in [0.05, 0.1) is 21.3 Å². The SMILES string of the molecule is COc1cc(OC)c(C2SCCN2C(=O)c2ccc(-c3ccccc3)cc2)cc1OC. The first-order valence-corrected chi connectivity index (χ1v) is 11.1. The molecule has 3 aromatic rings. The molecule has 3 aromatic carbocycles. The van der Waals surface area contributed by atoms with Crippen LogP contribution >= 0.6 is 11.8 Å². The minimum atomic E-state index is -0.156. The van der Waals surface area contributed by atoms with E-state index in [9.17, 15) is 4.79 Å². The van der Waals surface area contributed by atoms with Crippen molar-refractivity contribution in [2.45, 2.75) is 5.37 Å². The second-order valence-corrected chi connectivity index (χ2v) is 8.30. The zero-order valence-electron chi connectivity index (χ0n) is 17.8. The molecule has 5 nitrogen and oxygen atoms in total.